The third-order valence-corrected chi connectivity index (χ3v) is 3.30. The number of anilines is 1. The molecule has 5 heteroatoms. The molecule has 1 aromatic carbocycles. The summed E-state index contributed by atoms with van der Waals surface area (Å²) < 4.78 is 0. The number of carbonyl (C=O) groups is 2. The van der Waals surface area contributed by atoms with Crippen molar-refractivity contribution >= 4 is 17.5 Å². The number of nitrogens with one attached hydrogen (secondary N) is 2. The minimum Gasteiger partial charge on any atom is -0.359 e. The third-order valence-electron chi connectivity index (χ3n) is 3.30. The van der Waals surface area contributed by atoms with Gasteiger partial charge in [-0.25, -0.2) is 0 Å². The highest BCUT2D eigenvalue weighted by Crippen LogP contribution is 2.18. The molecule has 0 spiro atoms. The Kier molecular flexibility index (Phi) is 6.18. The lowest BCUT2D eigenvalue weighted by Gasteiger charge is -2.19. The Morgan fingerprint density at radius 3 is 2.45 bits per heavy atom. The number of nitrogens with two attached hydrogens (primary N) is 1. The molecule has 1 atom stereocenters. The van der Waals surface area contributed by atoms with Crippen LogP contribution in [-0.2, 0) is 16.0 Å². The van der Waals surface area contributed by atoms with Gasteiger partial charge in [-0.15, -0.1) is 0 Å². The Morgan fingerprint density at radius 2 is 1.90 bits per heavy atom. The molecule has 1 aromatic rings. The van der Waals surface area contributed by atoms with Crippen molar-refractivity contribution in [2.24, 2.45) is 17.6 Å². The van der Waals surface area contributed by atoms with Crippen LogP contribution in [-0.4, -0.2) is 25.4 Å². The van der Waals surface area contributed by atoms with Crippen molar-refractivity contribution in [3.05, 3.63) is 29.8 Å². The molecular weight excluding hydrogens is 254 g/mol. The summed E-state index contributed by atoms with van der Waals surface area (Å²) in [6.07, 6.45) is 0.238. The summed E-state index contributed by atoms with van der Waals surface area (Å²) >= 11 is 0. The first-order valence-electron chi connectivity index (χ1n) is 6.79. The number of rotatable bonds is 6. The summed E-state index contributed by atoms with van der Waals surface area (Å²) in [6, 6.07) is 7.30. The molecule has 1 rings (SSSR count). The van der Waals surface area contributed by atoms with E-state index in [0.717, 1.165) is 5.56 Å². The summed E-state index contributed by atoms with van der Waals surface area (Å²) in [6.45, 7) is 4.24. The fourth-order valence-corrected chi connectivity index (χ4v) is 1.97. The van der Waals surface area contributed by atoms with Gasteiger partial charge < -0.3 is 16.4 Å². The average molecular weight is 277 g/mol. The molecular formula is C15H23N3O2. The second-order valence-electron chi connectivity index (χ2n) is 5.08. The number of hydrogen-bond acceptors (Lipinski definition) is 3. The number of para-hydroxylation sites is 1. The Bertz CT molecular complexity index is 472. The Morgan fingerprint density at radius 1 is 1.25 bits per heavy atom. The molecule has 0 saturated heterocycles. The molecule has 110 valence electrons. The fourth-order valence-electron chi connectivity index (χ4n) is 1.97. The van der Waals surface area contributed by atoms with Gasteiger partial charge in [0.25, 0.3) is 0 Å². The number of hydrogen-bond donors (Lipinski definition) is 3. The quantitative estimate of drug-likeness (QED) is 0.729. The second-order valence-corrected chi connectivity index (χ2v) is 5.08. The topological polar surface area (TPSA) is 84.2 Å². The largest absolute Gasteiger partial charge is 0.359 e. The van der Waals surface area contributed by atoms with Crippen LogP contribution in [0.3, 0.4) is 0 Å². The van der Waals surface area contributed by atoms with Crippen LogP contribution in [0.1, 0.15) is 19.4 Å². The molecule has 0 saturated carbocycles. The van der Waals surface area contributed by atoms with Crippen molar-refractivity contribution < 1.29 is 9.59 Å². The monoisotopic (exact) mass is 277 g/mol. The van der Waals surface area contributed by atoms with E-state index in [-0.39, 0.29) is 30.1 Å². The summed E-state index contributed by atoms with van der Waals surface area (Å²) in [7, 11) is 1.59. The van der Waals surface area contributed by atoms with Gasteiger partial charge in [0.05, 0.1) is 12.3 Å². The van der Waals surface area contributed by atoms with Crippen LogP contribution >= 0.6 is 0 Å². The van der Waals surface area contributed by atoms with Crippen LogP contribution in [0.5, 0.6) is 0 Å². The minimum absolute atomic E-state index is 0.0917. The molecule has 1 unspecified atom stereocenters. The first kappa shape index (κ1) is 16.2. The zero-order valence-corrected chi connectivity index (χ0v) is 12.3. The maximum atomic E-state index is 12.2. The Hall–Kier alpha value is -1.88. The normalized spacial score (nSPS) is 12.1. The molecule has 0 aromatic heterocycles. The highest BCUT2D eigenvalue weighted by molar-refractivity contribution is 5.94. The van der Waals surface area contributed by atoms with E-state index < -0.39 is 0 Å². The van der Waals surface area contributed by atoms with Gasteiger partial charge in [0.1, 0.15) is 0 Å². The van der Waals surface area contributed by atoms with Gasteiger partial charge >= 0.3 is 0 Å². The van der Waals surface area contributed by atoms with Crippen molar-refractivity contribution in [2.75, 3.05) is 18.9 Å². The number of likely N-dealkylation sites (N-methyl/N-ethyl adjacent to an activating group) is 1. The molecule has 5 nitrogen and oxygen atoms in total. The lowest BCUT2D eigenvalue weighted by molar-refractivity contribution is -0.121. The number of benzene rings is 1. The number of amides is 2. The fraction of sp³-hybridized carbons (Fsp3) is 0.467. The van der Waals surface area contributed by atoms with Crippen LogP contribution in [0, 0.1) is 11.8 Å². The maximum absolute atomic E-state index is 12.2. The van der Waals surface area contributed by atoms with Crippen molar-refractivity contribution in [1.29, 1.82) is 0 Å². The van der Waals surface area contributed by atoms with Gasteiger partial charge in [-0.2, -0.15) is 0 Å². The molecule has 4 N–H and O–H groups in total. The van der Waals surface area contributed by atoms with Gasteiger partial charge in [-0.3, -0.25) is 9.59 Å². The van der Waals surface area contributed by atoms with E-state index >= 15 is 0 Å². The van der Waals surface area contributed by atoms with Crippen LogP contribution in [0.4, 0.5) is 5.69 Å². The molecule has 0 aliphatic rings. The van der Waals surface area contributed by atoms with Crippen molar-refractivity contribution in [1.82, 2.24) is 5.32 Å². The van der Waals surface area contributed by atoms with Gasteiger partial charge in [-0.1, -0.05) is 32.0 Å². The predicted octanol–water partition coefficient (Wildman–Crippen LogP) is 1.14. The van der Waals surface area contributed by atoms with Gasteiger partial charge in [0, 0.05) is 19.3 Å². The lowest BCUT2D eigenvalue weighted by Crippen LogP contribution is -2.33. The van der Waals surface area contributed by atoms with E-state index in [2.05, 4.69) is 10.6 Å². The van der Waals surface area contributed by atoms with Crippen molar-refractivity contribution in [2.45, 2.75) is 20.3 Å². The number of carbonyl (C=O) groups excluding carboxylic acids is 2. The van der Waals surface area contributed by atoms with E-state index in [1.807, 2.05) is 32.0 Å². The maximum Gasteiger partial charge on any atom is 0.229 e. The molecule has 0 bridgehead atoms. The lowest BCUT2D eigenvalue weighted by atomic mass is 9.95. The van der Waals surface area contributed by atoms with E-state index in [1.165, 1.54) is 0 Å². The molecule has 0 aliphatic heterocycles. The summed E-state index contributed by atoms with van der Waals surface area (Å²) in [5.41, 5.74) is 7.10. The zero-order valence-electron chi connectivity index (χ0n) is 12.3. The summed E-state index contributed by atoms with van der Waals surface area (Å²) in [5, 5.41) is 5.45. The first-order valence-corrected chi connectivity index (χ1v) is 6.79. The minimum atomic E-state index is -0.233. The van der Waals surface area contributed by atoms with Crippen LogP contribution < -0.4 is 16.4 Å². The van der Waals surface area contributed by atoms with Crippen molar-refractivity contribution in [3.63, 3.8) is 0 Å². The van der Waals surface area contributed by atoms with Crippen LogP contribution in [0.25, 0.3) is 0 Å². The first-order chi connectivity index (χ1) is 9.49. The van der Waals surface area contributed by atoms with Crippen molar-refractivity contribution in [3.8, 4) is 0 Å². The Labute approximate surface area is 119 Å². The zero-order chi connectivity index (χ0) is 15.1. The molecule has 20 heavy (non-hydrogen) atoms. The van der Waals surface area contributed by atoms with Crippen LogP contribution in [0.2, 0.25) is 0 Å². The SMILES string of the molecule is CNC(=O)Cc1ccccc1NC(=O)C(CN)C(C)C. The summed E-state index contributed by atoms with van der Waals surface area (Å²) in [5.74, 6) is -0.257. The van der Waals surface area contributed by atoms with Gasteiger partial charge in [0.15, 0.2) is 0 Å². The van der Waals surface area contributed by atoms with Crippen LogP contribution in [0.15, 0.2) is 24.3 Å². The second kappa shape index (κ2) is 7.65. The molecule has 0 fully saturated rings. The highest BCUT2D eigenvalue weighted by Gasteiger charge is 2.21. The Balaban J connectivity index is 2.86. The van der Waals surface area contributed by atoms with Gasteiger partial charge in [-0.05, 0) is 17.5 Å². The molecule has 0 aliphatic carbocycles. The van der Waals surface area contributed by atoms with E-state index in [9.17, 15) is 9.59 Å². The third kappa shape index (κ3) is 4.35. The summed E-state index contributed by atoms with van der Waals surface area (Å²) in [4.78, 5) is 23.7. The predicted molar refractivity (Wildman–Crippen MR) is 80.2 cm³/mol. The van der Waals surface area contributed by atoms with E-state index in [4.69, 9.17) is 5.73 Å². The van der Waals surface area contributed by atoms with E-state index in [1.54, 1.807) is 13.1 Å². The van der Waals surface area contributed by atoms with Gasteiger partial charge in [0.2, 0.25) is 11.8 Å². The average Bonchev–Trinajstić information content (AvgIpc) is 2.41. The van der Waals surface area contributed by atoms with E-state index in [0.29, 0.717) is 12.2 Å². The molecule has 0 radical (unpaired) electrons. The molecule has 0 heterocycles. The smallest absolute Gasteiger partial charge is 0.229 e. The molecule has 2 amide bonds. The highest BCUT2D eigenvalue weighted by atomic mass is 16.2. The standard InChI is InChI=1S/C15H23N3O2/c1-10(2)12(9-16)15(20)18-13-7-5-4-6-11(13)8-14(19)17-3/h4-7,10,12H,8-9,16H2,1-3H3,(H,17,19)(H,18,20).